The summed E-state index contributed by atoms with van der Waals surface area (Å²) in [5, 5.41) is 12.8. The number of rotatable bonds is 5. The van der Waals surface area contributed by atoms with Gasteiger partial charge in [-0.15, -0.1) is 11.3 Å². The van der Waals surface area contributed by atoms with Crippen molar-refractivity contribution in [3.63, 3.8) is 0 Å². The summed E-state index contributed by atoms with van der Waals surface area (Å²) in [5.41, 5.74) is 2.00. The minimum absolute atomic E-state index is 0.0742. The molecule has 0 saturated carbocycles. The lowest BCUT2D eigenvalue weighted by atomic mass is 10.1. The van der Waals surface area contributed by atoms with Gasteiger partial charge in [0.2, 0.25) is 0 Å². The molecule has 1 atom stereocenters. The number of aliphatic hydroxyl groups excluding tert-OH is 1. The molecule has 2 aromatic heterocycles. The van der Waals surface area contributed by atoms with E-state index >= 15 is 0 Å². The molecule has 0 saturated heterocycles. The van der Waals surface area contributed by atoms with Crippen LogP contribution in [0.25, 0.3) is 10.1 Å². The van der Waals surface area contributed by atoms with Crippen LogP contribution in [0, 0.1) is 13.8 Å². The number of pyridine rings is 1. The van der Waals surface area contributed by atoms with Crippen LogP contribution in [0.5, 0.6) is 5.75 Å². The number of hydrogen-bond acceptors (Lipinski definition) is 4. The number of para-hydroxylation sites is 1. The molecule has 120 valence electrons. The van der Waals surface area contributed by atoms with Gasteiger partial charge in [-0.1, -0.05) is 18.2 Å². The van der Waals surface area contributed by atoms with E-state index in [1.807, 2.05) is 49.6 Å². The van der Waals surface area contributed by atoms with E-state index in [4.69, 9.17) is 4.74 Å². The van der Waals surface area contributed by atoms with E-state index < -0.39 is 6.10 Å². The first-order chi connectivity index (χ1) is 11.1. The molecule has 1 N–H and O–H groups in total. The average molecular weight is 329 g/mol. The molecule has 5 heteroatoms. The number of ether oxygens (including phenoxy) is 1. The van der Waals surface area contributed by atoms with Crippen LogP contribution >= 0.6 is 11.3 Å². The van der Waals surface area contributed by atoms with Crippen LogP contribution in [-0.2, 0) is 6.54 Å². The van der Waals surface area contributed by atoms with Crippen LogP contribution in [0.3, 0.4) is 0 Å². The van der Waals surface area contributed by atoms with E-state index in [0.29, 0.717) is 5.39 Å². The summed E-state index contributed by atoms with van der Waals surface area (Å²) >= 11 is 1.54. The Morgan fingerprint density at radius 3 is 2.70 bits per heavy atom. The fourth-order valence-corrected chi connectivity index (χ4v) is 3.41. The summed E-state index contributed by atoms with van der Waals surface area (Å²) in [6.07, 6.45) is 0.978. The number of nitrogens with zero attached hydrogens (tertiary/aromatic N) is 1. The third-order valence-corrected chi connectivity index (χ3v) is 4.71. The van der Waals surface area contributed by atoms with Crippen molar-refractivity contribution in [1.29, 1.82) is 0 Å². The van der Waals surface area contributed by atoms with E-state index in [9.17, 15) is 9.90 Å². The molecule has 0 radical (unpaired) electrons. The van der Waals surface area contributed by atoms with Gasteiger partial charge in [-0.2, -0.15) is 0 Å². The maximum atomic E-state index is 12.3. The summed E-state index contributed by atoms with van der Waals surface area (Å²) in [5.74, 6) is 0.798. The summed E-state index contributed by atoms with van der Waals surface area (Å²) in [7, 11) is 0. The molecule has 0 aliphatic heterocycles. The number of aromatic nitrogens is 1. The van der Waals surface area contributed by atoms with Gasteiger partial charge in [0.25, 0.3) is 5.56 Å². The second-order valence-electron chi connectivity index (χ2n) is 5.66. The molecule has 0 aliphatic carbocycles. The quantitative estimate of drug-likeness (QED) is 0.782. The van der Waals surface area contributed by atoms with Gasteiger partial charge in [-0.25, -0.2) is 0 Å². The zero-order chi connectivity index (χ0) is 16.4. The van der Waals surface area contributed by atoms with Crippen molar-refractivity contribution in [1.82, 2.24) is 4.57 Å². The Kier molecular flexibility index (Phi) is 4.50. The molecule has 4 nitrogen and oxygen atoms in total. The predicted octanol–water partition coefficient (Wildman–Crippen LogP) is 3.12. The normalized spacial score (nSPS) is 12.5. The highest BCUT2D eigenvalue weighted by atomic mass is 32.1. The monoisotopic (exact) mass is 329 g/mol. The smallest absolute Gasteiger partial charge is 0.259 e. The first kappa shape index (κ1) is 15.8. The number of hydrogen-bond donors (Lipinski definition) is 1. The topological polar surface area (TPSA) is 51.5 Å². The maximum Gasteiger partial charge on any atom is 0.259 e. The van der Waals surface area contributed by atoms with Crippen LogP contribution in [0.4, 0.5) is 0 Å². The highest BCUT2D eigenvalue weighted by molar-refractivity contribution is 7.17. The number of thiophene rings is 1. The van der Waals surface area contributed by atoms with Crippen molar-refractivity contribution in [2.45, 2.75) is 26.5 Å². The molecular weight excluding hydrogens is 310 g/mol. The molecule has 2 heterocycles. The van der Waals surface area contributed by atoms with Crippen molar-refractivity contribution in [3.8, 4) is 5.75 Å². The van der Waals surface area contributed by atoms with Gasteiger partial charge >= 0.3 is 0 Å². The molecule has 1 unspecified atom stereocenters. The van der Waals surface area contributed by atoms with E-state index in [1.165, 1.54) is 15.9 Å². The van der Waals surface area contributed by atoms with E-state index in [-0.39, 0.29) is 18.7 Å². The van der Waals surface area contributed by atoms with E-state index in [2.05, 4.69) is 0 Å². The minimum atomic E-state index is -0.747. The fourth-order valence-electron chi connectivity index (χ4n) is 2.64. The number of aryl methyl sites for hydroxylation is 2. The summed E-state index contributed by atoms with van der Waals surface area (Å²) in [4.78, 5) is 12.3. The molecule has 3 aromatic rings. The molecule has 0 fully saturated rings. The molecule has 23 heavy (non-hydrogen) atoms. The average Bonchev–Trinajstić information content (AvgIpc) is 2.99. The third kappa shape index (κ3) is 3.30. The zero-order valence-electron chi connectivity index (χ0n) is 13.2. The number of benzene rings is 1. The van der Waals surface area contributed by atoms with Crippen molar-refractivity contribution in [2.24, 2.45) is 0 Å². The highest BCUT2D eigenvalue weighted by Gasteiger charge is 2.11. The Bertz CT molecular complexity index is 861. The van der Waals surface area contributed by atoms with Gasteiger partial charge in [0.15, 0.2) is 0 Å². The van der Waals surface area contributed by atoms with Crippen LogP contribution < -0.4 is 10.3 Å². The van der Waals surface area contributed by atoms with E-state index in [0.717, 1.165) is 21.6 Å². The Morgan fingerprint density at radius 1 is 1.22 bits per heavy atom. The van der Waals surface area contributed by atoms with Crippen molar-refractivity contribution < 1.29 is 9.84 Å². The summed E-state index contributed by atoms with van der Waals surface area (Å²) in [6, 6.07) is 9.65. The SMILES string of the molecule is Cc1cccc(C)c1OCC(O)Cn1ccc2sccc2c1=O. The first-order valence-electron chi connectivity index (χ1n) is 7.50. The molecule has 1 aromatic carbocycles. The lowest BCUT2D eigenvalue weighted by molar-refractivity contribution is 0.0911. The lowest BCUT2D eigenvalue weighted by Crippen LogP contribution is -2.29. The van der Waals surface area contributed by atoms with Gasteiger partial charge in [0.05, 0.1) is 11.9 Å². The van der Waals surface area contributed by atoms with Crippen LogP contribution in [0.1, 0.15) is 11.1 Å². The third-order valence-electron chi connectivity index (χ3n) is 3.83. The van der Waals surface area contributed by atoms with Crippen LogP contribution in [0.15, 0.2) is 46.7 Å². The van der Waals surface area contributed by atoms with Gasteiger partial charge in [0.1, 0.15) is 18.5 Å². The van der Waals surface area contributed by atoms with Gasteiger partial charge in [-0.3, -0.25) is 4.79 Å². The zero-order valence-corrected chi connectivity index (χ0v) is 14.0. The molecular formula is C18H19NO3S. The largest absolute Gasteiger partial charge is 0.490 e. The van der Waals surface area contributed by atoms with Crippen molar-refractivity contribution >= 4 is 21.4 Å². The Hall–Kier alpha value is -2.11. The molecule has 3 rings (SSSR count). The molecule has 0 amide bonds. The molecule has 0 spiro atoms. The standard InChI is InChI=1S/C18H19NO3S/c1-12-4-3-5-13(2)17(12)22-11-14(20)10-19-8-6-16-15(18(19)21)7-9-23-16/h3-9,14,20H,10-11H2,1-2H3. The fraction of sp³-hybridized carbons (Fsp3) is 0.278. The van der Waals surface area contributed by atoms with Crippen LogP contribution in [-0.4, -0.2) is 22.4 Å². The Morgan fingerprint density at radius 2 is 1.96 bits per heavy atom. The van der Waals surface area contributed by atoms with Crippen LogP contribution in [0.2, 0.25) is 0 Å². The lowest BCUT2D eigenvalue weighted by Gasteiger charge is -2.16. The number of fused-ring (bicyclic) bond motifs is 1. The molecule has 0 bridgehead atoms. The maximum absolute atomic E-state index is 12.3. The molecule has 0 aliphatic rings. The number of aliphatic hydroxyl groups is 1. The second kappa shape index (κ2) is 6.56. The summed E-state index contributed by atoms with van der Waals surface area (Å²) < 4.78 is 8.25. The highest BCUT2D eigenvalue weighted by Crippen LogP contribution is 2.22. The Labute approximate surface area is 138 Å². The Balaban J connectivity index is 1.70. The van der Waals surface area contributed by atoms with Crippen molar-refractivity contribution in [3.05, 3.63) is 63.4 Å². The van der Waals surface area contributed by atoms with Crippen molar-refractivity contribution in [2.75, 3.05) is 6.61 Å². The van der Waals surface area contributed by atoms with Gasteiger partial charge in [0, 0.05) is 10.9 Å². The van der Waals surface area contributed by atoms with Gasteiger partial charge in [-0.05, 0) is 42.5 Å². The van der Waals surface area contributed by atoms with Gasteiger partial charge < -0.3 is 14.4 Å². The summed E-state index contributed by atoms with van der Waals surface area (Å²) in [6.45, 7) is 4.32. The first-order valence-corrected chi connectivity index (χ1v) is 8.38. The second-order valence-corrected chi connectivity index (χ2v) is 6.61. The minimum Gasteiger partial charge on any atom is -0.490 e. The van der Waals surface area contributed by atoms with E-state index in [1.54, 1.807) is 6.20 Å². The predicted molar refractivity (Wildman–Crippen MR) is 93.5 cm³/mol.